The van der Waals surface area contributed by atoms with Crippen molar-refractivity contribution in [3.8, 4) is 0 Å². The van der Waals surface area contributed by atoms with Crippen LogP contribution in [0.2, 0.25) is 0 Å². The Morgan fingerprint density at radius 1 is 1.23 bits per heavy atom. The van der Waals surface area contributed by atoms with E-state index in [1.165, 1.54) is 4.90 Å². The van der Waals surface area contributed by atoms with Gasteiger partial charge >= 0.3 is 6.09 Å². The van der Waals surface area contributed by atoms with Crippen molar-refractivity contribution in [2.24, 2.45) is 11.3 Å². The summed E-state index contributed by atoms with van der Waals surface area (Å²) in [4.78, 5) is 26.2. The largest absolute Gasteiger partial charge is 0.447 e. The van der Waals surface area contributed by atoms with Gasteiger partial charge in [0, 0.05) is 11.8 Å². The predicted octanol–water partition coefficient (Wildman–Crippen LogP) is 3.82. The molecule has 1 aromatic rings. The molecule has 1 heterocycles. The molecule has 0 saturated carbocycles. The minimum Gasteiger partial charge on any atom is -0.447 e. The number of imide groups is 1. The van der Waals surface area contributed by atoms with Crippen LogP contribution in [0.15, 0.2) is 30.3 Å². The molecule has 1 fully saturated rings. The van der Waals surface area contributed by atoms with Gasteiger partial charge in [-0.15, -0.1) is 0 Å². The van der Waals surface area contributed by atoms with Crippen LogP contribution >= 0.6 is 0 Å². The summed E-state index contributed by atoms with van der Waals surface area (Å²) in [7, 11) is 0. The number of hydrogen-bond acceptors (Lipinski definition) is 3. The van der Waals surface area contributed by atoms with Gasteiger partial charge < -0.3 is 4.74 Å². The van der Waals surface area contributed by atoms with Gasteiger partial charge in [0.05, 0.1) is 6.04 Å². The molecule has 0 aromatic heterocycles. The third-order valence-corrected chi connectivity index (χ3v) is 4.72. The molecule has 3 atom stereocenters. The Balaban J connectivity index is 2.25. The quantitative estimate of drug-likeness (QED) is 0.853. The second-order valence-corrected chi connectivity index (χ2v) is 7.14. The molecule has 1 aliphatic rings. The van der Waals surface area contributed by atoms with Crippen LogP contribution in [-0.4, -0.2) is 29.5 Å². The van der Waals surface area contributed by atoms with Gasteiger partial charge in [-0.3, -0.25) is 4.79 Å². The van der Waals surface area contributed by atoms with Gasteiger partial charge in [-0.1, -0.05) is 65.0 Å². The summed E-state index contributed by atoms with van der Waals surface area (Å²) in [5, 5.41) is 0. The Morgan fingerprint density at radius 2 is 1.82 bits per heavy atom. The maximum absolute atomic E-state index is 12.8. The van der Waals surface area contributed by atoms with Crippen molar-refractivity contribution < 1.29 is 14.3 Å². The zero-order chi connectivity index (χ0) is 16.5. The lowest BCUT2D eigenvalue weighted by molar-refractivity contribution is -0.136. The minimum atomic E-state index is -0.520. The monoisotopic (exact) mass is 303 g/mol. The molecule has 0 N–H and O–H groups in total. The van der Waals surface area contributed by atoms with Gasteiger partial charge in [0.2, 0.25) is 5.91 Å². The lowest BCUT2D eigenvalue weighted by Crippen LogP contribution is -2.46. The summed E-state index contributed by atoms with van der Waals surface area (Å²) in [6.45, 7) is 10.2. The molecule has 0 unspecified atom stereocenters. The lowest BCUT2D eigenvalue weighted by Gasteiger charge is -2.32. The van der Waals surface area contributed by atoms with Gasteiger partial charge in [-0.25, -0.2) is 9.69 Å². The molecule has 2 amide bonds. The van der Waals surface area contributed by atoms with Crippen molar-refractivity contribution in [2.45, 2.75) is 46.6 Å². The van der Waals surface area contributed by atoms with Crippen LogP contribution in [0.1, 0.15) is 46.1 Å². The number of benzene rings is 1. The molecular formula is C18H25NO3. The molecule has 1 aromatic carbocycles. The van der Waals surface area contributed by atoms with Crippen molar-refractivity contribution in [2.75, 3.05) is 6.61 Å². The Labute approximate surface area is 132 Å². The highest BCUT2D eigenvalue weighted by molar-refractivity contribution is 5.95. The van der Waals surface area contributed by atoms with Crippen LogP contribution in [0.4, 0.5) is 4.79 Å². The topological polar surface area (TPSA) is 46.6 Å². The Hall–Kier alpha value is -1.84. The zero-order valence-corrected chi connectivity index (χ0v) is 14.0. The van der Waals surface area contributed by atoms with E-state index in [9.17, 15) is 9.59 Å². The first-order valence-corrected chi connectivity index (χ1v) is 7.78. The van der Waals surface area contributed by atoms with E-state index in [0.717, 1.165) is 5.56 Å². The Kier molecular flexibility index (Phi) is 4.59. The number of amides is 2. The maximum atomic E-state index is 12.8. The van der Waals surface area contributed by atoms with Crippen LogP contribution < -0.4 is 0 Å². The van der Waals surface area contributed by atoms with Crippen LogP contribution in [0.25, 0.3) is 0 Å². The number of carbonyl (C=O) groups is 2. The predicted molar refractivity (Wildman–Crippen MR) is 85.5 cm³/mol. The van der Waals surface area contributed by atoms with E-state index in [4.69, 9.17) is 4.74 Å². The fourth-order valence-electron chi connectivity index (χ4n) is 2.62. The molecule has 0 bridgehead atoms. The zero-order valence-electron chi connectivity index (χ0n) is 14.0. The molecule has 4 heteroatoms. The first-order chi connectivity index (χ1) is 10.2. The Bertz CT molecular complexity index is 547. The standard InChI is InChI=1S/C18H25NO3/c1-12(14-9-7-6-8-10-14)15-11-22-17(21)19(15)16(20)13(2)18(3,4)5/h6-10,12-13,15H,11H2,1-5H3/t12-,13+,15+/m0/s1. The molecule has 22 heavy (non-hydrogen) atoms. The van der Waals surface area contributed by atoms with Crippen LogP contribution in [0, 0.1) is 11.3 Å². The highest BCUT2D eigenvalue weighted by Crippen LogP contribution is 2.33. The lowest BCUT2D eigenvalue weighted by atomic mass is 9.80. The normalized spacial score (nSPS) is 21.4. The summed E-state index contributed by atoms with van der Waals surface area (Å²) in [5.74, 6) is -0.352. The molecule has 0 aliphatic carbocycles. The first-order valence-electron chi connectivity index (χ1n) is 7.78. The van der Waals surface area contributed by atoms with Crippen molar-refractivity contribution in [1.29, 1.82) is 0 Å². The van der Waals surface area contributed by atoms with Gasteiger partial charge in [-0.2, -0.15) is 0 Å². The fraction of sp³-hybridized carbons (Fsp3) is 0.556. The van der Waals surface area contributed by atoms with Gasteiger partial charge in [0.1, 0.15) is 6.61 Å². The molecule has 2 rings (SSSR count). The third-order valence-electron chi connectivity index (χ3n) is 4.72. The summed E-state index contributed by atoms with van der Waals surface area (Å²) in [5.41, 5.74) is 0.910. The van der Waals surface area contributed by atoms with Crippen LogP contribution in [0.5, 0.6) is 0 Å². The van der Waals surface area contributed by atoms with Crippen molar-refractivity contribution in [1.82, 2.24) is 4.90 Å². The summed E-state index contributed by atoms with van der Waals surface area (Å²) >= 11 is 0. The molecule has 1 saturated heterocycles. The number of hydrogen-bond donors (Lipinski definition) is 0. The molecule has 120 valence electrons. The summed E-state index contributed by atoms with van der Waals surface area (Å²) < 4.78 is 5.17. The summed E-state index contributed by atoms with van der Waals surface area (Å²) in [6.07, 6.45) is -0.520. The SMILES string of the molecule is C[C@H](C(=O)N1C(=O)OC[C@@H]1[C@@H](C)c1ccccc1)C(C)(C)C. The number of rotatable bonds is 3. The van der Waals surface area contributed by atoms with E-state index in [-0.39, 0.29) is 35.8 Å². The van der Waals surface area contributed by atoms with Gasteiger partial charge in [0.25, 0.3) is 0 Å². The molecule has 1 aliphatic heterocycles. The average Bonchev–Trinajstić information content (AvgIpc) is 2.86. The number of nitrogens with zero attached hydrogens (tertiary/aromatic N) is 1. The van der Waals surface area contributed by atoms with E-state index in [1.54, 1.807) is 0 Å². The molecule has 4 nitrogen and oxygen atoms in total. The van der Waals surface area contributed by atoms with E-state index in [2.05, 4.69) is 0 Å². The molecule has 0 radical (unpaired) electrons. The molecular weight excluding hydrogens is 278 g/mol. The highest BCUT2D eigenvalue weighted by Gasteiger charge is 2.44. The van der Waals surface area contributed by atoms with Crippen molar-refractivity contribution in [3.05, 3.63) is 35.9 Å². The first kappa shape index (κ1) is 16.5. The van der Waals surface area contributed by atoms with Gasteiger partial charge in [-0.05, 0) is 11.0 Å². The van der Waals surface area contributed by atoms with Crippen molar-refractivity contribution in [3.63, 3.8) is 0 Å². The fourth-order valence-corrected chi connectivity index (χ4v) is 2.62. The average molecular weight is 303 g/mol. The maximum Gasteiger partial charge on any atom is 0.417 e. The minimum absolute atomic E-state index is 0.0452. The van der Waals surface area contributed by atoms with E-state index < -0.39 is 6.09 Å². The highest BCUT2D eigenvalue weighted by atomic mass is 16.6. The van der Waals surface area contributed by atoms with E-state index in [0.29, 0.717) is 0 Å². The third kappa shape index (κ3) is 3.16. The Morgan fingerprint density at radius 3 is 2.36 bits per heavy atom. The van der Waals surface area contributed by atoms with E-state index >= 15 is 0 Å². The van der Waals surface area contributed by atoms with E-state index in [1.807, 2.05) is 65.0 Å². The summed E-state index contributed by atoms with van der Waals surface area (Å²) in [6, 6.07) is 9.68. The number of cyclic esters (lactones) is 1. The number of ether oxygens (including phenoxy) is 1. The second kappa shape index (κ2) is 6.11. The van der Waals surface area contributed by atoms with Gasteiger partial charge in [0.15, 0.2) is 0 Å². The molecule has 0 spiro atoms. The van der Waals surface area contributed by atoms with Crippen LogP contribution in [0.3, 0.4) is 0 Å². The van der Waals surface area contributed by atoms with Crippen molar-refractivity contribution >= 4 is 12.0 Å². The smallest absolute Gasteiger partial charge is 0.417 e. The second-order valence-electron chi connectivity index (χ2n) is 7.14. The van der Waals surface area contributed by atoms with Crippen LogP contribution in [-0.2, 0) is 9.53 Å². The number of carbonyl (C=O) groups excluding carboxylic acids is 2.